The third kappa shape index (κ3) is 3.61. The second kappa shape index (κ2) is 5.48. The first-order chi connectivity index (χ1) is 8.99. The largest absolute Gasteiger partial charge is 0.308 e. The van der Waals surface area contributed by atoms with Gasteiger partial charge < -0.3 is 5.32 Å². The highest BCUT2D eigenvalue weighted by Gasteiger charge is 2.09. The lowest BCUT2D eigenvalue weighted by atomic mass is 10.1. The summed E-state index contributed by atoms with van der Waals surface area (Å²) in [6, 6.07) is 0. The number of hydrogen-bond acceptors (Lipinski definition) is 4. The zero-order valence-electron chi connectivity index (χ0n) is 12.0. The zero-order chi connectivity index (χ0) is 13.9. The van der Waals surface area contributed by atoms with Gasteiger partial charge in [0, 0.05) is 48.9 Å². The lowest BCUT2D eigenvalue weighted by Gasteiger charge is -2.20. The molecule has 0 aliphatic heterocycles. The molecule has 0 aliphatic carbocycles. The Hall–Kier alpha value is -1.75. The van der Waals surface area contributed by atoms with Crippen molar-refractivity contribution in [2.75, 3.05) is 0 Å². The molecule has 0 atom stereocenters. The van der Waals surface area contributed by atoms with E-state index in [0.717, 1.165) is 24.4 Å². The molecule has 2 rings (SSSR count). The van der Waals surface area contributed by atoms with Crippen LogP contribution in [0.15, 0.2) is 24.8 Å². The molecule has 0 unspecified atom stereocenters. The van der Waals surface area contributed by atoms with Gasteiger partial charge in [-0.25, -0.2) is 15.0 Å². The third-order valence-electron chi connectivity index (χ3n) is 2.76. The van der Waals surface area contributed by atoms with Gasteiger partial charge in [0.2, 0.25) is 5.95 Å². The van der Waals surface area contributed by atoms with E-state index in [1.165, 1.54) is 0 Å². The number of rotatable bonds is 4. The molecule has 0 amide bonds. The van der Waals surface area contributed by atoms with Crippen LogP contribution >= 0.6 is 0 Å². The first-order valence-electron chi connectivity index (χ1n) is 6.58. The van der Waals surface area contributed by atoms with Crippen LogP contribution in [-0.2, 0) is 13.0 Å². The average molecular weight is 259 g/mol. The summed E-state index contributed by atoms with van der Waals surface area (Å²) in [5, 5.41) is 3.42. The molecule has 0 fully saturated rings. The summed E-state index contributed by atoms with van der Waals surface area (Å²) in [5.74, 6) is 1.65. The van der Waals surface area contributed by atoms with Crippen molar-refractivity contribution < 1.29 is 0 Å². The summed E-state index contributed by atoms with van der Waals surface area (Å²) >= 11 is 0. The molecule has 2 heterocycles. The first kappa shape index (κ1) is 13.7. The molecule has 5 heteroatoms. The summed E-state index contributed by atoms with van der Waals surface area (Å²) in [5.41, 5.74) is 1.18. The van der Waals surface area contributed by atoms with E-state index in [4.69, 9.17) is 0 Å². The monoisotopic (exact) mass is 259 g/mol. The van der Waals surface area contributed by atoms with Gasteiger partial charge >= 0.3 is 0 Å². The summed E-state index contributed by atoms with van der Waals surface area (Å²) in [6.45, 7) is 9.26. The SMILES string of the molecule is CCc1nccn1-c1ncc(CNC(C)(C)C)cn1. The van der Waals surface area contributed by atoms with Crippen molar-refractivity contribution in [2.45, 2.75) is 46.2 Å². The van der Waals surface area contributed by atoms with Crippen molar-refractivity contribution in [1.82, 2.24) is 24.8 Å². The Bertz CT molecular complexity index is 522. The highest BCUT2D eigenvalue weighted by molar-refractivity contribution is 5.17. The third-order valence-corrected chi connectivity index (χ3v) is 2.76. The fourth-order valence-electron chi connectivity index (χ4n) is 1.71. The molecule has 0 aromatic carbocycles. The predicted octanol–water partition coefficient (Wildman–Crippen LogP) is 2.11. The van der Waals surface area contributed by atoms with Crippen molar-refractivity contribution in [1.29, 1.82) is 0 Å². The summed E-state index contributed by atoms with van der Waals surface area (Å²) in [6.07, 6.45) is 8.25. The van der Waals surface area contributed by atoms with Crippen LogP contribution in [0, 0.1) is 0 Å². The highest BCUT2D eigenvalue weighted by atomic mass is 15.2. The number of aromatic nitrogens is 4. The molecule has 1 N–H and O–H groups in total. The Balaban J connectivity index is 2.10. The fraction of sp³-hybridized carbons (Fsp3) is 0.500. The molecular formula is C14H21N5. The molecule has 0 radical (unpaired) electrons. The van der Waals surface area contributed by atoms with Gasteiger partial charge in [-0.3, -0.25) is 4.57 Å². The number of hydrogen-bond donors (Lipinski definition) is 1. The summed E-state index contributed by atoms with van der Waals surface area (Å²) in [4.78, 5) is 13.1. The van der Waals surface area contributed by atoms with Crippen molar-refractivity contribution in [2.24, 2.45) is 0 Å². The van der Waals surface area contributed by atoms with Crippen molar-refractivity contribution in [3.05, 3.63) is 36.2 Å². The van der Waals surface area contributed by atoms with Gasteiger partial charge in [-0.15, -0.1) is 0 Å². The van der Waals surface area contributed by atoms with Gasteiger partial charge in [0.1, 0.15) is 5.82 Å². The molecule has 2 aromatic rings. The minimum absolute atomic E-state index is 0.0956. The van der Waals surface area contributed by atoms with Crippen LogP contribution in [0.1, 0.15) is 39.1 Å². The molecule has 19 heavy (non-hydrogen) atoms. The Morgan fingerprint density at radius 3 is 2.42 bits per heavy atom. The molecule has 5 nitrogen and oxygen atoms in total. The molecule has 102 valence electrons. The van der Waals surface area contributed by atoms with Gasteiger partial charge in [0.25, 0.3) is 0 Å². The second-order valence-electron chi connectivity index (χ2n) is 5.56. The van der Waals surface area contributed by atoms with Crippen LogP contribution in [0.5, 0.6) is 0 Å². The number of nitrogens with one attached hydrogen (secondary N) is 1. The van der Waals surface area contributed by atoms with E-state index in [9.17, 15) is 0 Å². The van der Waals surface area contributed by atoms with E-state index in [1.807, 2.05) is 23.2 Å². The lowest BCUT2D eigenvalue weighted by Crippen LogP contribution is -2.35. The molecule has 0 spiro atoms. The van der Waals surface area contributed by atoms with Crippen molar-refractivity contribution in [3.8, 4) is 5.95 Å². The molecule has 0 saturated carbocycles. The zero-order valence-corrected chi connectivity index (χ0v) is 12.0. The van der Waals surface area contributed by atoms with Gasteiger partial charge in [-0.2, -0.15) is 0 Å². The van der Waals surface area contributed by atoms with Crippen molar-refractivity contribution >= 4 is 0 Å². The minimum Gasteiger partial charge on any atom is -0.308 e. The molecule has 2 aromatic heterocycles. The maximum Gasteiger partial charge on any atom is 0.235 e. The van der Waals surface area contributed by atoms with Crippen LogP contribution in [0.25, 0.3) is 5.95 Å². The smallest absolute Gasteiger partial charge is 0.235 e. The normalized spacial score (nSPS) is 11.8. The minimum atomic E-state index is 0.0956. The van der Waals surface area contributed by atoms with Crippen LogP contribution in [0.4, 0.5) is 0 Å². The molecular weight excluding hydrogens is 238 g/mol. The predicted molar refractivity (Wildman–Crippen MR) is 75.1 cm³/mol. The Morgan fingerprint density at radius 1 is 1.16 bits per heavy atom. The lowest BCUT2D eigenvalue weighted by molar-refractivity contribution is 0.423. The van der Waals surface area contributed by atoms with E-state index in [0.29, 0.717) is 5.95 Å². The van der Waals surface area contributed by atoms with Crippen molar-refractivity contribution in [3.63, 3.8) is 0 Å². The standard InChI is InChI=1S/C14H21N5/c1-5-12-15-6-7-19(12)13-16-8-11(9-17-13)10-18-14(2,3)4/h6-9,18H,5,10H2,1-4H3. The van der Waals surface area contributed by atoms with Gasteiger partial charge in [-0.1, -0.05) is 6.92 Å². The second-order valence-corrected chi connectivity index (χ2v) is 5.56. The average Bonchev–Trinajstić information content (AvgIpc) is 2.84. The van der Waals surface area contributed by atoms with E-state index in [1.54, 1.807) is 6.20 Å². The summed E-state index contributed by atoms with van der Waals surface area (Å²) in [7, 11) is 0. The topological polar surface area (TPSA) is 55.6 Å². The van der Waals surface area contributed by atoms with Crippen LogP contribution < -0.4 is 5.32 Å². The highest BCUT2D eigenvalue weighted by Crippen LogP contribution is 2.07. The van der Waals surface area contributed by atoms with Gasteiger partial charge in [-0.05, 0) is 20.8 Å². The molecule has 0 aliphatic rings. The quantitative estimate of drug-likeness (QED) is 0.913. The number of imidazole rings is 1. The van der Waals surface area contributed by atoms with Crippen LogP contribution in [-0.4, -0.2) is 25.1 Å². The Morgan fingerprint density at radius 2 is 1.84 bits per heavy atom. The van der Waals surface area contributed by atoms with Crippen LogP contribution in [0.2, 0.25) is 0 Å². The summed E-state index contributed by atoms with van der Waals surface area (Å²) < 4.78 is 1.92. The van der Waals surface area contributed by atoms with E-state index >= 15 is 0 Å². The maximum absolute atomic E-state index is 4.40. The van der Waals surface area contributed by atoms with E-state index in [2.05, 4.69) is 48.0 Å². The molecule has 0 bridgehead atoms. The van der Waals surface area contributed by atoms with Crippen LogP contribution in [0.3, 0.4) is 0 Å². The van der Waals surface area contributed by atoms with E-state index < -0.39 is 0 Å². The van der Waals surface area contributed by atoms with Gasteiger partial charge in [0.05, 0.1) is 0 Å². The number of aryl methyl sites for hydroxylation is 1. The fourth-order valence-corrected chi connectivity index (χ4v) is 1.71. The first-order valence-corrected chi connectivity index (χ1v) is 6.58. The van der Waals surface area contributed by atoms with Gasteiger partial charge in [0.15, 0.2) is 0 Å². The Labute approximate surface area is 114 Å². The Kier molecular flexibility index (Phi) is 3.95. The maximum atomic E-state index is 4.40. The van der Waals surface area contributed by atoms with E-state index in [-0.39, 0.29) is 5.54 Å². The molecule has 0 saturated heterocycles. The number of nitrogens with zero attached hydrogens (tertiary/aromatic N) is 4.